The molecule has 0 bridgehead atoms. The standard InChI is InChI=1S/C14H21NO4/c1-18-12-7-6-11(9-13(12)19-2)10-15-8-4-3-5-14(16)17/h6-7,9,15H,3-5,8,10H2,1-2H3,(H,16,17). The first-order chi connectivity index (χ1) is 9.17. The van der Waals surface area contributed by atoms with Gasteiger partial charge in [-0.2, -0.15) is 0 Å². The lowest BCUT2D eigenvalue weighted by Crippen LogP contribution is -2.15. The van der Waals surface area contributed by atoms with Gasteiger partial charge in [0.05, 0.1) is 14.2 Å². The van der Waals surface area contributed by atoms with Gasteiger partial charge in [-0.15, -0.1) is 0 Å². The SMILES string of the molecule is COc1ccc(CNCCCCC(=O)O)cc1OC. The van der Waals surface area contributed by atoms with Crippen molar-refractivity contribution in [2.45, 2.75) is 25.8 Å². The molecule has 1 rings (SSSR count). The third-order valence-electron chi connectivity index (χ3n) is 2.77. The zero-order chi connectivity index (χ0) is 14.1. The minimum Gasteiger partial charge on any atom is -0.493 e. The predicted molar refractivity (Wildman–Crippen MR) is 72.7 cm³/mol. The van der Waals surface area contributed by atoms with Crippen LogP contribution in [0, 0.1) is 0 Å². The fraction of sp³-hybridized carbons (Fsp3) is 0.500. The van der Waals surface area contributed by atoms with Crippen LogP contribution >= 0.6 is 0 Å². The molecule has 0 saturated heterocycles. The number of rotatable bonds is 9. The van der Waals surface area contributed by atoms with Gasteiger partial charge in [0.25, 0.3) is 0 Å². The molecule has 0 aliphatic carbocycles. The molecule has 0 saturated carbocycles. The number of methoxy groups -OCH3 is 2. The van der Waals surface area contributed by atoms with Crippen LogP contribution in [0.4, 0.5) is 0 Å². The molecule has 0 aliphatic heterocycles. The summed E-state index contributed by atoms with van der Waals surface area (Å²) in [7, 11) is 3.22. The molecule has 0 unspecified atom stereocenters. The minimum absolute atomic E-state index is 0.234. The molecule has 1 aromatic rings. The molecule has 0 spiro atoms. The zero-order valence-corrected chi connectivity index (χ0v) is 11.4. The van der Waals surface area contributed by atoms with Gasteiger partial charge in [0, 0.05) is 13.0 Å². The molecule has 5 nitrogen and oxygen atoms in total. The van der Waals surface area contributed by atoms with Crippen LogP contribution in [-0.4, -0.2) is 31.8 Å². The highest BCUT2D eigenvalue weighted by Crippen LogP contribution is 2.27. The van der Waals surface area contributed by atoms with E-state index in [0.29, 0.717) is 17.9 Å². The second kappa shape index (κ2) is 8.37. The zero-order valence-electron chi connectivity index (χ0n) is 11.4. The first-order valence-corrected chi connectivity index (χ1v) is 6.30. The van der Waals surface area contributed by atoms with Crippen LogP contribution in [-0.2, 0) is 11.3 Å². The van der Waals surface area contributed by atoms with Gasteiger partial charge in [-0.1, -0.05) is 6.07 Å². The Morgan fingerprint density at radius 1 is 1.21 bits per heavy atom. The van der Waals surface area contributed by atoms with Crippen LogP contribution in [0.2, 0.25) is 0 Å². The molecule has 5 heteroatoms. The highest BCUT2D eigenvalue weighted by Gasteiger charge is 2.04. The number of carbonyl (C=O) groups is 1. The molecular weight excluding hydrogens is 246 g/mol. The van der Waals surface area contributed by atoms with Gasteiger partial charge in [0.2, 0.25) is 0 Å². The van der Waals surface area contributed by atoms with Gasteiger partial charge in [0.15, 0.2) is 11.5 Å². The Hall–Kier alpha value is -1.75. The smallest absolute Gasteiger partial charge is 0.303 e. The molecule has 0 radical (unpaired) electrons. The summed E-state index contributed by atoms with van der Waals surface area (Å²) in [6, 6.07) is 5.79. The molecule has 0 heterocycles. The molecule has 19 heavy (non-hydrogen) atoms. The molecule has 0 aliphatic rings. The number of hydrogen-bond donors (Lipinski definition) is 2. The second-order valence-corrected chi connectivity index (χ2v) is 4.22. The van der Waals surface area contributed by atoms with Crippen molar-refractivity contribution in [2.75, 3.05) is 20.8 Å². The van der Waals surface area contributed by atoms with E-state index >= 15 is 0 Å². The Bertz CT molecular complexity index is 406. The first-order valence-electron chi connectivity index (χ1n) is 6.30. The fourth-order valence-corrected chi connectivity index (χ4v) is 1.75. The van der Waals surface area contributed by atoms with Crippen LogP contribution in [0.3, 0.4) is 0 Å². The van der Waals surface area contributed by atoms with E-state index in [1.54, 1.807) is 14.2 Å². The maximum absolute atomic E-state index is 10.3. The third-order valence-corrected chi connectivity index (χ3v) is 2.77. The van der Waals surface area contributed by atoms with E-state index in [0.717, 1.165) is 25.1 Å². The Kier molecular flexibility index (Phi) is 6.74. The van der Waals surface area contributed by atoms with Gasteiger partial charge in [-0.05, 0) is 37.1 Å². The lowest BCUT2D eigenvalue weighted by atomic mass is 10.2. The van der Waals surface area contributed by atoms with Crippen molar-refractivity contribution in [3.05, 3.63) is 23.8 Å². The molecule has 0 aromatic heterocycles. The molecule has 106 valence electrons. The van der Waals surface area contributed by atoms with E-state index in [4.69, 9.17) is 14.6 Å². The minimum atomic E-state index is -0.736. The Morgan fingerprint density at radius 3 is 2.58 bits per heavy atom. The number of ether oxygens (including phenoxy) is 2. The molecule has 0 fully saturated rings. The van der Waals surface area contributed by atoms with Gasteiger partial charge in [0.1, 0.15) is 0 Å². The quantitative estimate of drug-likeness (QED) is 0.670. The number of carboxylic acids is 1. The van der Waals surface area contributed by atoms with Crippen molar-refractivity contribution in [3.8, 4) is 11.5 Å². The van der Waals surface area contributed by atoms with E-state index in [-0.39, 0.29) is 6.42 Å². The largest absolute Gasteiger partial charge is 0.493 e. The van der Waals surface area contributed by atoms with Crippen molar-refractivity contribution in [1.82, 2.24) is 5.32 Å². The molecule has 0 atom stereocenters. The third kappa shape index (κ3) is 5.61. The summed E-state index contributed by atoms with van der Waals surface area (Å²) in [5, 5.41) is 11.8. The van der Waals surface area contributed by atoms with Crippen LogP contribution in [0.5, 0.6) is 11.5 Å². The average molecular weight is 267 g/mol. The Labute approximate surface area is 113 Å². The summed E-state index contributed by atoms with van der Waals surface area (Å²) in [5.41, 5.74) is 1.11. The van der Waals surface area contributed by atoms with Crippen LogP contribution in [0.25, 0.3) is 0 Å². The van der Waals surface area contributed by atoms with Crippen molar-refractivity contribution < 1.29 is 19.4 Å². The highest BCUT2D eigenvalue weighted by molar-refractivity contribution is 5.66. The van der Waals surface area contributed by atoms with Crippen LogP contribution in [0.1, 0.15) is 24.8 Å². The highest BCUT2D eigenvalue weighted by atomic mass is 16.5. The van der Waals surface area contributed by atoms with Gasteiger partial charge in [-0.25, -0.2) is 0 Å². The van der Waals surface area contributed by atoms with E-state index in [2.05, 4.69) is 5.32 Å². The fourth-order valence-electron chi connectivity index (χ4n) is 1.75. The molecule has 0 amide bonds. The number of aliphatic carboxylic acids is 1. The van der Waals surface area contributed by atoms with E-state index in [9.17, 15) is 4.79 Å². The first kappa shape index (κ1) is 15.3. The maximum atomic E-state index is 10.3. The molecule has 2 N–H and O–H groups in total. The summed E-state index contributed by atoms with van der Waals surface area (Å²) >= 11 is 0. The molecular formula is C14H21NO4. The second-order valence-electron chi connectivity index (χ2n) is 4.22. The number of carboxylic acid groups (broad SMARTS) is 1. The number of hydrogen-bond acceptors (Lipinski definition) is 4. The Balaban J connectivity index is 2.31. The summed E-state index contributed by atoms with van der Waals surface area (Å²) in [5.74, 6) is 0.695. The predicted octanol–water partition coefficient (Wildman–Crippen LogP) is 2.05. The maximum Gasteiger partial charge on any atom is 0.303 e. The number of benzene rings is 1. The number of unbranched alkanes of at least 4 members (excludes halogenated alkanes) is 1. The van der Waals surface area contributed by atoms with E-state index in [1.165, 1.54) is 0 Å². The lowest BCUT2D eigenvalue weighted by Gasteiger charge is -2.10. The van der Waals surface area contributed by atoms with E-state index < -0.39 is 5.97 Å². The summed E-state index contributed by atoms with van der Waals surface area (Å²) < 4.78 is 10.4. The van der Waals surface area contributed by atoms with E-state index in [1.807, 2.05) is 18.2 Å². The van der Waals surface area contributed by atoms with Crippen LogP contribution < -0.4 is 14.8 Å². The van der Waals surface area contributed by atoms with Crippen molar-refractivity contribution in [2.24, 2.45) is 0 Å². The molecule has 1 aromatic carbocycles. The van der Waals surface area contributed by atoms with Crippen molar-refractivity contribution in [1.29, 1.82) is 0 Å². The normalized spacial score (nSPS) is 10.2. The lowest BCUT2D eigenvalue weighted by molar-refractivity contribution is -0.137. The van der Waals surface area contributed by atoms with Gasteiger partial charge in [-0.3, -0.25) is 4.79 Å². The topological polar surface area (TPSA) is 67.8 Å². The Morgan fingerprint density at radius 2 is 1.95 bits per heavy atom. The van der Waals surface area contributed by atoms with Gasteiger partial charge >= 0.3 is 5.97 Å². The van der Waals surface area contributed by atoms with Crippen molar-refractivity contribution >= 4 is 5.97 Å². The van der Waals surface area contributed by atoms with Crippen molar-refractivity contribution in [3.63, 3.8) is 0 Å². The monoisotopic (exact) mass is 267 g/mol. The summed E-state index contributed by atoms with van der Waals surface area (Å²) in [4.78, 5) is 10.3. The van der Waals surface area contributed by atoms with Crippen LogP contribution in [0.15, 0.2) is 18.2 Å². The average Bonchev–Trinajstić information content (AvgIpc) is 2.42. The number of nitrogens with one attached hydrogen (secondary N) is 1. The summed E-state index contributed by atoms with van der Waals surface area (Å²) in [6.45, 7) is 1.54. The van der Waals surface area contributed by atoms with Gasteiger partial charge < -0.3 is 19.9 Å². The summed E-state index contributed by atoms with van der Waals surface area (Å²) in [6.07, 6.45) is 1.80.